The SMILES string of the molecule is CC(C)c1ccc(NC(=O)C2CCN(S(=O)(=O)Cc3ccccc3F)CC2)cc1. The molecule has 3 rings (SSSR count). The molecule has 2 aromatic rings. The third-order valence-electron chi connectivity index (χ3n) is 5.36. The summed E-state index contributed by atoms with van der Waals surface area (Å²) in [5, 5.41) is 2.92. The van der Waals surface area contributed by atoms with Crippen molar-refractivity contribution >= 4 is 21.6 Å². The van der Waals surface area contributed by atoms with Crippen molar-refractivity contribution in [2.45, 2.75) is 38.4 Å². The van der Waals surface area contributed by atoms with Gasteiger partial charge in [-0.05, 0) is 42.5 Å². The maximum atomic E-state index is 13.8. The minimum absolute atomic E-state index is 0.0894. The van der Waals surface area contributed by atoms with Gasteiger partial charge >= 0.3 is 0 Å². The van der Waals surface area contributed by atoms with Gasteiger partial charge in [0.25, 0.3) is 0 Å². The van der Waals surface area contributed by atoms with Crippen LogP contribution in [-0.4, -0.2) is 31.7 Å². The van der Waals surface area contributed by atoms with Crippen LogP contribution in [0.25, 0.3) is 0 Å². The summed E-state index contributed by atoms with van der Waals surface area (Å²) in [5.74, 6) is -0.781. The van der Waals surface area contributed by atoms with Crippen LogP contribution in [-0.2, 0) is 20.6 Å². The van der Waals surface area contributed by atoms with Gasteiger partial charge in [0, 0.05) is 30.3 Å². The molecule has 0 aromatic heterocycles. The van der Waals surface area contributed by atoms with Gasteiger partial charge < -0.3 is 5.32 Å². The predicted molar refractivity (Wildman–Crippen MR) is 112 cm³/mol. The number of nitrogens with zero attached hydrogens (tertiary/aromatic N) is 1. The number of anilines is 1. The Kier molecular flexibility index (Phi) is 6.70. The third-order valence-corrected chi connectivity index (χ3v) is 7.19. The molecule has 0 bridgehead atoms. The van der Waals surface area contributed by atoms with Gasteiger partial charge in [-0.25, -0.2) is 17.1 Å². The Hall–Kier alpha value is -2.25. The summed E-state index contributed by atoms with van der Waals surface area (Å²) in [6.07, 6.45) is 0.902. The van der Waals surface area contributed by atoms with Crippen LogP contribution in [0.2, 0.25) is 0 Å². The molecule has 1 heterocycles. The van der Waals surface area contributed by atoms with Crippen molar-refractivity contribution in [3.05, 3.63) is 65.5 Å². The fourth-order valence-corrected chi connectivity index (χ4v) is 5.07. The normalized spacial score (nSPS) is 16.1. The molecule has 0 aliphatic carbocycles. The van der Waals surface area contributed by atoms with Gasteiger partial charge in [-0.2, -0.15) is 0 Å². The topological polar surface area (TPSA) is 66.5 Å². The smallest absolute Gasteiger partial charge is 0.227 e. The molecule has 1 aliphatic heterocycles. The number of carbonyl (C=O) groups excluding carboxylic acids is 1. The van der Waals surface area contributed by atoms with Crippen LogP contribution in [0.3, 0.4) is 0 Å². The number of sulfonamides is 1. The second-order valence-corrected chi connectivity index (χ2v) is 9.76. The Morgan fingerprint density at radius 2 is 1.72 bits per heavy atom. The number of halogens is 1. The van der Waals surface area contributed by atoms with Crippen molar-refractivity contribution in [2.75, 3.05) is 18.4 Å². The number of rotatable bonds is 6. The monoisotopic (exact) mass is 418 g/mol. The summed E-state index contributed by atoms with van der Waals surface area (Å²) in [4.78, 5) is 12.5. The number of carbonyl (C=O) groups is 1. The van der Waals surface area contributed by atoms with Crippen molar-refractivity contribution in [1.82, 2.24) is 4.31 Å². The standard InChI is InChI=1S/C22H27FN2O3S/c1-16(2)17-7-9-20(10-8-17)24-22(26)18-11-13-25(14-12-18)29(27,28)15-19-5-3-4-6-21(19)23/h3-10,16,18H,11-15H2,1-2H3,(H,24,26). The van der Waals surface area contributed by atoms with Crippen LogP contribution < -0.4 is 5.32 Å². The van der Waals surface area contributed by atoms with E-state index in [-0.39, 0.29) is 36.2 Å². The first-order valence-corrected chi connectivity index (χ1v) is 11.5. The van der Waals surface area contributed by atoms with Gasteiger partial charge in [-0.1, -0.05) is 44.2 Å². The fourth-order valence-electron chi connectivity index (χ4n) is 3.50. The lowest BCUT2D eigenvalue weighted by Gasteiger charge is -2.30. The van der Waals surface area contributed by atoms with Crippen LogP contribution in [0.4, 0.5) is 10.1 Å². The van der Waals surface area contributed by atoms with Crippen molar-refractivity contribution in [3.63, 3.8) is 0 Å². The average Bonchev–Trinajstić information content (AvgIpc) is 2.70. The van der Waals surface area contributed by atoms with E-state index in [1.807, 2.05) is 24.3 Å². The maximum Gasteiger partial charge on any atom is 0.227 e. The second kappa shape index (κ2) is 9.05. The molecular formula is C22H27FN2O3S. The minimum atomic E-state index is -3.62. The first-order chi connectivity index (χ1) is 13.8. The molecule has 5 nitrogen and oxygen atoms in total. The molecule has 1 saturated heterocycles. The minimum Gasteiger partial charge on any atom is -0.326 e. The molecule has 1 amide bonds. The van der Waals surface area contributed by atoms with Crippen molar-refractivity contribution in [2.24, 2.45) is 5.92 Å². The van der Waals surface area contributed by atoms with E-state index >= 15 is 0 Å². The van der Waals surface area contributed by atoms with Crippen molar-refractivity contribution in [3.8, 4) is 0 Å². The summed E-state index contributed by atoms with van der Waals surface area (Å²) < 4.78 is 40.4. The quantitative estimate of drug-likeness (QED) is 0.767. The van der Waals surface area contributed by atoms with Crippen LogP contribution in [0.15, 0.2) is 48.5 Å². The Morgan fingerprint density at radius 1 is 1.10 bits per heavy atom. The molecule has 0 unspecified atom stereocenters. The summed E-state index contributed by atoms with van der Waals surface area (Å²) in [6.45, 7) is 4.76. The van der Waals surface area contributed by atoms with E-state index in [0.29, 0.717) is 18.8 Å². The zero-order valence-electron chi connectivity index (χ0n) is 16.8. The molecule has 0 radical (unpaired) electrons. The highest BCUT2D eigenvalue weighted by Gasteiger charge is 2.31. The van der Waals surface area contributed by atoms with Gasteiger partial charge in [0.2, 0.25) is 15.9 Å². The predicted octanol–water partition coefficient (Wildman–Crippen LogP) is 4.13. The van der Waals surface area contributed by atoms with E-state index in [0.717, 1.165) is 5.69 Å². The number of amides is 1. The molecule has 1 fully saturated rings. The summed E-state index contributed by atoms with van der Waals surface area (Å²) in [6, 6.07) is 13.7. The number of hydrogen-bond acceptors (Lipinski definition) is 3. The van der Waals surface area contributed by atoms with Crippen LogP contribution in [0.5, 0.6) is 0 Å². The highest BCUT2D eigenvalue weighted by Crippen LogP contribution is 2.24. The lowest BCUT2D eigenvalue weighted by atomic mass is 9.97. The Bertz CT molecular complexity index is 950. The number of benzene rings is 2. The summed E-state index contributed by atoms with van der Waals surface area (Å²) >= 11 is 0. The molecule has 1 aliphatic rings. The largest absolute Gasteiger partial charge is 0.326 e. The van der Waals surface area contributed by atoms with E-state index in [4.69, 9.17) is 0 Å². The first-order valence-electron chi connectivity index (χ1n) is 9.88. The van der Waals surface area contributed by atoms with Crippen molar-refractivity contribution < 1.29 is 17.6 Å². The average molecular weight is 419 g/mol. The number of hydrogen-bond donors (Lipinski definition) is 1. The Morgan fingerprint density at radius 3 is 2.31 bits per heavy atom. The van der Waals surface area contributed by atoms with Crippen LogP contribution >= 0.6 is 0 Å². The zero-order valence-corrected chi connectivity index (χ0v) is 17.6. The van der Waals surface area contributed by atoms with Gasteiger partial charge in [0.1, 0.15) is 5.82 Å². The molecule has 0 saturated carbocycles. The van der Waals surface area contributed by atoms with E-state index in [1.165, 1.54) is 28.1 Å². The molecule has 156 valence electrons. The lowest BCUT2D eigenvalue weighted by Crippen LogP contribution is -2.42. The molecule has 2 aromatic carbocycles. The number of piperidine rings is 1. The molecule has 1 N–H and O–H groups in total. The highest BCUT2D eigenvalue weighted by atomic mass is 32.2. The number of nitrogens with one attached hydrogen (secondary N) is 1. The molecule has 0 atom stereocenters. The van der Waals surface area contributed by atoms with Crippen molar-refractivity contribution in [1.29, 1.82) is 0 Å². The first kappa shape index (κ1) is 21.5. The maximum absolute atomic E-state index is 13.8. The molecular weight excluding hydrogens is 391 g/mol. The van der Waals surface area contributed by atoms with E-state index in [2.05, 4.69) is 19.2 Å². The van der Waals surface area contributed by atoms with Gasteiger partial charge in [-0.3, -0.25) is 4.79 Å². The fraction of sp³-hybridized carbons (Fsp3) is 0.409. The van der Waals surface area contributed by atoms with Crippen LogP contribution in [0, 0.1) is 11.7 Å². The highest BCUT2D eigenvalue weighted by molar-refractivity contribution is 7.88. The summed E-state index contributed by atoms with van der Waals surface area (Å²) in [7, 11) is -3.62. The van der Waals surface area contributed by atoms with E-state index in [1.54, 1.807) is 6.07 Å². The van der Waals surface area contributed by atoms with Gasteiger partial charge in [-0.15, -0.1) is 0 Å². The molecule has 29 heavy (non-hydrogen) atoms. The lowest BCUT2D eigenvalue weighted by molar-refractivity contribution is -0.120. The van der Waals surface area contributed by atoms with Gasteiger partial charge in [0.15, 0.2) is 0 Å². The second-order valence-electron chi connectivity index (χ2n) is 7.79. The van der Waals surface area contributed by atoms with Gasteiger partial charge in [0.05, 0.1) is 5.75 Å². The van der Waals surface area contributed by atoms with E-state index in [9.17, 15) is 17.6 Å². The third kappa shape index (κ3) is 5.42. The van der Waals surface area contributed by atoms with E-state index < -0.39 is 15.8 Å². The molecule has 0 spiro atoms. The Balaban J connectivity index is 1.55. The summed E-state index contributed by atoms with van der Waals surface area (Å²) in [5.41, 5.74) is 2.11. The molecule has 7 heteroatoms. The zero-order chi connectivity index (χ0) is 21.0. The Labute approximate surface area is 172 Å². The van der Waals surface area contributed by atoms with Crippen LogP contribution in [0.1, 0.15) is 43.7 Å².